The third-order valence-corrected chi connectivity index (χ3v) is 3.03. The molecular weight excluding hydrogens is 260 g/mol. The van der Waals surface area contributed by atoms with Crippen molar-refractivity contribution < 1.29 is 14.8 Å². The summed E-state index contributed by atoms with van der Waals surface area (Å²) in [5, 5.41) is 22.1. The summed E-state index contributed by atoms with van der Waals surface area (Å²) in [5.74, 6) is -0.217. The standard InChI is InChI=1S/C14H20N2O4/c1-11-10-12(6-7-13(11)16(19)20)14(18)15-8-4-2-3-5-9-17/h6-7,10,17H,2-5,8-9H2,1H3,(H,15,18). The Balaban J connectivity index is 2.44. The minimum Gasteiger partial charge on any atom is -0.396 e. The molecule has 1 aromatic carbocycles. The minimum atomic E-state index is -0.460. The second kappa shape index (κ2) is 8.27. The lowest BCUT2D eigenvalue weighted by molar-refractivity contribution is -0.385. The van der Waals surface area contributed by atoms with Crippen molar-refractivity contribution in [2.75, 3.05) is 13.2 Å². The summed E-state index contributed by atoms with van der Waals surface area (Å²) in [5.41, 5.74) is 0.930. The Morgan fingerprint density at radius 1 is 1.30 bits per heavy atom. The lowest BCUT2D eigenvalue weighted by Crippen LogP contribution is -2.24. The number of carbonyl (C=O) groups excluding carboxylic acids is 1. The summed E-state index contributed by atoms with van der Waals surface area (Å²) in [6.45, 7) is 2.39. The third-order valence-electron chi connectivity index (χ3n) is 3.03. The molecule has 6 heteroatoms. The molecule has 0 spiro atoms. The van der Waals surface area contributed by atoms with Gasteiger partial charge in [-0.25, -0.2) is 0 Å². The minimum absolute atomic E-state index is 0.0190. The highest BCUT2D eigenvalue weighted by Gasteiger charge is 2.13. The van der Waals surface area contributed by atoms with Crippen molar-refractivity contribution in [2.45, 2.75) is 32.6 Å². The van der Waals surface area contributed by atoms with Gasteiger partial charge in [0.15, 0.2) is 0 Å². The van der Waals surface area contributed by atoms with Crippen LogP contribution in [-0.4, -0.2) is 29.1 Å². The summed E-state index contributed by atoms with van der Waals surface area (Å²) in [6, 6.07) is 4.34. The molecule has 0 saturated heterocycles. The first-order valence-electron chi connectivity index (χ1n) is 6.70. The Hall–Kier alpha value is -1.95. The number of nitrogens with one attached hydrogen (secondary N) is 1. The zero-order valence-electron chi connectivity index (χ0n) is 11.6. The van der Waals surface area contributed by atoms with Crippen molar-refractivity contribution in [3.8, 4) is 0 Å². The number of amides is 1. The van der Waals surface area contributed by atoms with Crippen molar-refractivity contribution in [3.05, 3.63) is 39.4 Å². The van der Waals surface area contributed by atoms with Crippen LogP contribution in [0.4, 0.5) is 5.69 Å². The predicted octanol–water partition coefficient (Wildman–Crippen LogP) is 2.19. The number of hydrogen-bond acceptors (Lipinski definition) is 4. The van der Waals surface area contributed by atoms with Gasteiger partial charge in [-0.05, 0) is 31.9 Å². The molecular formula is C14H20N2O4. The largest absolute Gasteiger partial charge is 0.396 e. The number of benzene rings is 1. The van der Waals surface area contributed by atoms with Crippen LogP contribution < -0.4 is 5.32 Å². The summed E-state index contributed by atoms with van der Waals surface area (Å²) in [7, 11) is 0. The number of nitrogens with zero attached hydrogens (tertiary/aromatic N) is 1. The van der Waals surface area contributed by atoms with E-state index in [0.29, 0.717) is 17.7 Å². The highest BCUT2D eigenvalue weighted by atomic mass is 16.6. The van der Waals surface area contributed by atoms with Gasteiger partial charge in [0.05, 0.1) is 4.92 Å². The van der Waals surface area contributed by atoms with Crippen molar-refractivity contribution in [3.63, 3.8) is 0 Å². The van der Waals surface area contributed by atoms with Crippen molar-refractivity contribution >= 4 is 11.6 Å². The highest BCUT2D eigenvalue weighted by Crippen LogP contribution is 2.18. The van der Waals surface area contributed by atoms with E-state index in [1.165, 1.54) is 18.2 Å². The lowest BCUT2D eigenvalue weighted by atomic mass is 10.1. The summed E-state index contributed by atoms with van der Waals surface area (Å²) in [4.78, 5) is 22.1. The molecule has 0 bridgehead atoms. The molecule has 0 fully saturated rings. The van der Waals surface area contributed by atoms with E-state index >= 15 is 0 Å². The van der Waals surface area contributed by atoms with E-state index in [4.69, 9.17) is 5.11 Å². The van der Waals surface area contributed by atoms with Crippen molar-refractivity contribution in [2.24, 2.45) is 0 Å². The van der Waals surface area contributed by atoms with E-state index in [0.717, 1.165) is 25.7 Å². The molecule has 0 radical (unpaired) electrons. The Labute approximate surface area is 118 Å². The number of nitro benzene ring substituents is 1. The molecule has 6 nitrogen and oxygen atoms in total. The second-order valence-corrected chi connectivity index (χ2v) is 4.65. The maximum Gasteiger partial charge on any atom is 0.272 e. The van der Waals surface area contributed by atoms with E-state index in [2.05, 4.69) is 5.32 Å². The first-order valence-corrected chi connectivity index (χ1v) is 6.70. The average molecular weight is 280 g/mol. The van der Waals surface area contributed by atoms with Crippen molar-refractivity contribution in [1.82, 2.24) is 5.32 Å². The van der Waals surface area contributed by atoms with Gasteiger partial charge < -0.3 is 10.4 Å². The van der Waals surface area contributed by atoms with Gasteiger partial charge in [-0.3, -0.25) is 14.9 Å². The molecule has 0 aliphatic rings. The van der Waals surface area contributed by atoms with Crippen LogP contribution in [-0.2, 0) is 0 Å². The number of unbranched alkanes of at least 4 members (excludes halogenated alkanes) is 3. The maximum absolute atomic E-state index is 11.8. The summed E-state index contributed by atoms with van der Waals surface area (Å²) < 4.78 is 0. The van der Waals surface area contributed by atoms with Gasteiger partial charge in [-0.1, -0.05) is 12.8 Å². The molecule has 1 aromatic rings. The van der Waals surface area contributed by atoms with Gasteiger partial charge in [-0.2, -0.15) is 0 Å². The molecule has 1 rings (SSSR count). The lowest BCUT2D eigenvalue weighted by Gasteiger charge is -2.06. The summed E-state index contributed by atoms with van der Waals surface area (Å²) in [6.07, 6.45) is 3.55. The van der Waals surface area contributed by atoms with Crippen LogP contribution in [0, 0.1) is 17.0 Å². The van der Waals surface area contributed by atoms with Crippen molar-refractivity contribution in [1.29, 1.82) is 0 Å². The number of aryl methyl sites for hydroxylation is 1. The number of carbonyl (C=O) groups is 1. The van der Waals surface area contributed by atoms with Crippen LogP contribution in [0.15, 0.2) is 18.2 Å². The summed E-state index contributed by atoms with van der Waals surface area (Å²) >= 11 is 0. The zero-order valence-corrected chi connectivity index (χ0v) is 11.6. The molecule has 0 unspecified atom stereocenters. The van der Waals surface area contributed by atoms with Crippen LogP contribution in [0.25, 0.3) is 0 Å². The maximum atomic E-state index is 11.8. The second-order valence-electron chi connectivity index (χ2n) is 4.65. The molecule has 0 atom stereocenters. The molecule has 0 aliphatic heterocycles. The Morgan fingerprint density at radius 3 is 2.60 bits per heavy atom. The first-order chi connectivity index (χ1) is 9.56. The van der Waals surface area contributed by atoms with E-state index in [1.54, 1.807) is 6.92 Å². The fourth-order valence-corrected chi connectivity index (χ4v) is 1.90. The van der Waals surface area contributed by atoms with E-state index in [9.17, 15) is 14.9 Å². The highest BCUT2D eigenvalue weighted by molar-refractivity contribution is 5.94. The molecule has 20 heavy (non-hydrogen) atoms. The van der Waals surface area contributed by atoms with Gasteiger partial charge in [0.25, 0.3) is 11.6 Å². The average Bonchev–Trinajstić information content (AvgIpc) is 2.41. The Bertz CT molecular complexity index is 474. The van der Waals surface area contributed by atoms with E-state index in [1.807, 2.05) is 0 Å². The first kappa shape index (κ1) is 16.1. The smallest absolute Gasteiger partial charge is 0.272 e. The number of hydrogen-bond donors (Lipinski definition) is 2. The van der Waals surface area contributed by atoms with Crippen LogP contribution >= 0.6 is 0 Å². The van der Waals surface area contributed by atoms with Crippen LogP contribution in [0.3, 0.4) is 0 Å². The fourth-order valence-electron chi connectivity index (χ4n) is 1.90. The normalized spacial score (nSPS) is 10.3. The van der Waals surface area contributed by atoms with Gasteiger partial charge in [-0.15, -0.1) is 0 Å². The Morgan fingerprint density at radius 2 is 2.00 bits per heavy atom. The number of aliphatic hydroxyl groups excluding tert-OH is 1. The van der Waals surface area contributed by atoms with Gasteiger partial charge in [0.1, 0.15) is 0 Å². The van der Waals surface area contributed by atoms with Crippen LogP contribution in [0.5, 0.6) is 0 Å². The van der Waals surface area contributed by atoms with E-state index < -0.39 is 4.92 Å². The monoisotopic (exact) mass is 280 g/mol. The van der Waals surface area contributed by atoms with Gasteiger partial charge in [0, 0.05) is 30.3 Å². The molecule has 0 aromatic heterocycles. The van der Waals surface area contributed by atoms with Gasteiger partial charge in [0.2, 0.25) is 0 Å². The Kier molecular flexibility index (Phi) is 6.66. The molecule has 0 saturated carbocycles. The molecule has 2 N–H and O–H groups in total. The predicted molar refractivity (Wildman–Crippen MR) is 75.7 cm³/mol. The number of nitro groups is 1. The molecule has 110 valence electrons. The molecule has 0 aliphatic carbocycles. The zero-order chi connectivity index (χ0) is 15.0. The topological polar surface area (TPSA) is 92.5 Å². The quantitative estimate of drug-likeness (QED) is 0.433. The SMILES string of the molecule is Cc1cc(C(=O)NCCCCCCO)ccc1[N+](=O)[O-]. The number of aliphatic hydroxyl groups is 1. The van der Waals surface area contributed by atoms with Crippen LogP contribution in [0.2, 0.25) is 0 Å². The fraction of sp³-hybridized carbons (Fsp3) is 0.500. The number of rotatable bonds is 8. The molecule has 0 heterocycles. The van der Waals surface area contributed by atoms with E-state index in [-0.39, 0.29) is 18.2 Å². The van der Waals surface area contributed by atoms with Crippen LogP contribution in [0.1, 0.15) is 41.6 Å². The van der Waals surface area contributed by atoms with Gasteiger partial charge >= 0.3 is 0 Å². The third kappa shape index (κ3) is 4.97. The molecule has 1 amide bonds.